The van der Waals surface area contributed by atoms with Crippen molar-refractivity contribution in [2.75, 3.05) is 5.32 Å². The SMILES string of the molecule is Cn1nc(-c2cncc(C#N)c2)c(C(F)(F)F)c1C(=O)Nc1ccnc(C(F)(F)F)c1. The minimum absolute atomic E-state index is 0.0289. The lowest BCUT2D eigenvalue weighted by Crippen LogP contribution is -2.21. The summed E-state index contributed by atoms with van der Waals surface area (Å²) in [7, 11) is 1.07. The number of nitrogens with one attached hydrogen (secondary N) is 1. The Labute approximate surface area is 170 Å². The molecule has 0 radical (unpaired) electrons. The number of rotatable bonds is 3. The Morgan fingerprint density at radius 3 is 2.45 bits per heavy atom. The standard InChI is InChI=1S/C18H10F6N6O/c1-30-15(16(31)28-11-2-3-27-12(5-11)17(19,20)21)13(18(22,23)24)14(29-30)10-4-9(6-25)7-26-8-10/h2-5,7-8H,1H3,(H,27,28,31). The molecule has 3 rings (SSSR count). The van der Waals surface area contributed by atoms with E-state index in [2.05, 4.69) is 15.1 Å². The number of hydrogen-bond donors (Lipinski definition) is 1. The Bertz CT molecular complexity index is 1190. The molecule has 0 fully saturated rings. The Hall–Kier alpha value is -3.95. The molecule has 0 aliphatic rings. The smallest absolute Gasteiger partial charge is 0.321 e. The molecule has 3 heterocycles. The van der Waals surface area contributed by atoms with Crippen LogP contribution in [0.1, 0.15) is 27.3 Å². The van der Waals surface area contributed by atoms with Gasteiger partial charge in [0.25, 0.3) is 5.91 Å². The van der Waals surface area contributed by atoms with E-state index in [1.165, 1.54) is 0 Å². The van der Waals surface area contributed by atoms with Crippen molar-refractivity contribution in [3.05, 3.63) is 59.3 Å². The zero-order valence-corrected chi connectivity index (χ0v) is 15.4. The molecule has 0 unspecified atom stereocenters. The van der Waals surface area contributed by atoms with Crippen LogP contribution in [0.3, 0.4) is 0 Å². The van der Waals surface area contributed by atoms with Crippen LogP contribution >= 0.6 is 0 Å². The molecule has 0 atom stereocenters. The molecule has 0 saturated heterocycles. The predicted octanol–water partition coefficient (Wildman–Crippen LogP) is 4.04. The Kier molecular flexibility index (Phi) is 5.41. The van der Waals surface area contributed by atoms with Gasteiger partial charge in [-0.15, -0.1) is 0 Å². The fourth-order valence-electron chi connectivity index (χ4n) is 2.74. The van der Waals surface area contributed by atoms with Crippen LogP contribution in [0.15, 0.2) is 36.8 Å². The number of halogens is 6. The maximum Gasteiger partial charge on any atom is 0.433 e. The third kappa shape index (κ3) is 4.47. The molecule has 1 amide bonds. The molecule has 0 aromatic carbocycles. The van der Waals surface area contributed by atoms with Crippen LogP contribution in [-0.4, -0.2) is 25.7 Å². The lowest BCUT2D eigenvalue weighted by atomic mass is 10.1. The topological polar surface area (TPSA) is 96.5 Å². The summed E-state index contributed by atoms with van der Waals surface area (Å²) in [6, 6.07) is 4.34. The van der Waals surface area contributed by atoms with Gasteiger partial charge in [-0.3, -0.25) is 19.4 Å². The van der Waals surface area contributed by atoms with E-state index in [4.69, 9.17) is 5.26 Å². The second kappa shape index (κ2) is 7.71. The average Bonchev–Trinajstić information content (AvgIpc) is 3.05. The number of pyridine rings is 2. The van der Waals surface area contributed by atoms with Crippen LogP contribution in [0, 0.1) is 11.3 Å². The highest BCUT2D eigenvalue weighted by molar-refractivity contribution is 6.05. The Morgan fingerprint density at radius 2 is 1.84 bits per heavy atom. The van der Waals surface area contributed by atoms with Gasteiger partial charge in [-0.25, -0.2) is 0 Å². The first-order valence-corrected chi connectivity index (χ1v) is 8.26. The van der Waals surface area contributed by atoms with E-state index in [9.17, 15) is 31.1 Å². The fourth-order valence-corrected chi connectivity index (χ4v) is 2.74. The van der Waals surface area contributed by atoms with Gasteiger partial charge in [-0.2, -0.15) is 36.7 Å². The molecular weight excluding hydrogens is 430 g/mol. The molecule has 0 bridgehead atoms. The van der Waals surface area contributed by atoms with E-state index in [0.29, 0.717) is 10.7 Å². The first-order chi connectivity index (χ1) is 14.4. The lowest BCUT2D eigenvalue weighted by Gasteiger charge is -2.12. The second-order valence-corrected chi connectivity index (χ2v) is 6.15. The highest BCUT2D eigenvalue weighted by Crippen LogP contribution is 2.39. The number of aromatic nitrogens is 4. The number of nitriles is 1. The summed E-state index contributed by atoms with van der Waals surface area (Å²) in [5, 5.41) is 14.7. The van der Waals surface area contributed by atoms with Gasteiger partial charge in [0.2, 0.25) is 0 Å². The minimum Gasteiger partial charge on any atom is -0.321 e. The van der Waals surface area contributed by atoms with Gasteiger partial charge in [-0.05, 0) is 18.2 Å². The van der Waals surface area contributed by atoms with Crippen molar-refractivity contribution in [3.63, 3.8) is 0 Å². The third-order valence-corrected chi connectivity index (χ3v) is 3.99. The van der Waals surface area contributed by atoms with Gasteiger partial charge in [-0.1, -0.05) is 0 Å². The molecule has 3 aromatic rings. The molecule has 13 heteroatoms. The molecule has 0 aliphatic carbocycles. The summed E-state index contributed by atoms with van der Waals surface area (Å²) in [4.78, 5) is 19.4. The molecule has 3 aromatic heterocycles. The van der Waals surface area contributed by atoms with E-state index < -0.39 is 46.6 Å². The number of nitrogens with zero attached hydrogens (tertiary/aromatic N) is 5. The zero-order chi connectivity index (χ0) is 23.0. The Balaban J connectivity index is 2.08. The van der Waals surface area contributed by atoms with Gasteiger partial charge in [0.1, 0.15) is 28.7 Å². The molecule has 160 valence electrons. The van der Waals surface area contributed by atoms with E-state index in [-0.39, 0.29) is 11.1 Å². The molecule has 0 spiro atoms. The number of amides is 1. The monoisotopic (exact) mass is 440 g/mol. The van der Waals surface area contributed by atoms with Crippen molar-refractivity contribution >= 4 is 11.6 Å². The molecule has 0 saturated carbocycles. The number of aryl methyl sites for hydroxylation is 1. The quantitative estimate of drug-likeness (QED) is 0.621. The summed E-state index contributed by atoms with van der Waals surface area (Å²) in [5.74, 6) is -1.34. The number of hydrogen-bond acceptors (Lipinski definition) is 5. The fraction of sp³-hybridized carbons (Fsp3) is 0.167. The van der Waals surface area contributed by atoms with Gasteiger partial charge in [0.05, 0.1) is 5.56 Å². The summed E-state index contributed by atoms with van der Waals surface area (Å²) in [6.07, 6.45) is -6.92. The molecular formula is C18H10F6N6O. The van der Waals surface area contributed by atoms with Gasteiger partial charge >= 0.3 is 12.4 Å². The van der Waals surface area contributed by atoms with Crippen molar-refractivity contribution in [2.24, 2.45) is 7.05 Å². The lowest BCUT2D eigenvalue weighted by molar-refractivity contribution is -0.141. The first kappa shape index (κ1) is 21.8. The molecule has 7 nitrogen and oxygen atoms in total. The predicted molar refractivity (Wildman–Crippen MR) is 93.3 cm³/mol. The van der Waals surface area contributed by atoms with E-state index in [0.717, 1.165) is 37.8 Å². The largest absolute Gasteiger partial charge is 0.433 e. The van der Waals surface area contributed by atoms with Crippen molar-refractivity contribution in [2.45, 2.75) is 12.4 Å². The summed E-state index contributed by atoms with van der Waals surface area (Å²) >= 11 is 0. The normalized spacial score (nSPS) is 11.8. The third-order valence-electron chi connectivity index (χ3n) is 3.99. The maximum atomic E-state index is 13.8. The van der Waals surface area contributed by atoms with E-state index in [1.807, 2.05) is 5.32 Å². The molecule has 1 N–H and O–H groups in total. The van der Waals surface area contributed by atoms with Crippen LogP contribution in [0.5, 0.6) is 0 Å². The molecule has 0 aliphatic heterocycles. The van der Waals surface area contributed by atoms with Gasteiger partial charge < -0.3 is 5.32 Å². The van der Waals surface area contributed by atoms with Crippen LogP contribution in [0.2, 0.25) is 0 Å². The van der Waals surface area contributed by atoms with Crippen molar-refractivity contribution in [1.82, 2.24) is 19.7 Å². The highest BCUT2D eigenvalue weighted by atomic mass is 19.4. The number of anilines is 1. The van der Waals surface area contributed by atoms with E-state index >= 15 is 0 Å². The first-order valence-electron chi connectivity index (χ1n) is 8.26. The summed E-state index contributed by atoms with van der Waals surface area (Å²) < 4.78 is 80.5. The summed E-state index contributed by atoms with van der Waals surface area (Å²) in [6.45, 7) is 0. The van der Waals surface area contributed by atoms with Gasteiger partial charge in [0, 0.05) is 36.9 Å². The Morgan fingerprint density at radius 1 is 1.13 bits per heavy atom. The van der Waals surface area contributed by atoms with Crippen molar-refractivity contribution in [3.8, 4) is 17.3 Å². The van der Waals surface area contributed by atoms with Crippen molar-refractivity contribution in [1.29, 1.82) is 5.26 Å². The molecule has 31 heavy (non-hydrogen) atoms. The zero-order valence-electron chi connectivity index (χ0n) is 15.4. The van der Waals surface area contributed by atoms with Crippen LogP contribution in [0.4, 0.5) is 32.0 Å². The highest BCUT2D eigenvalue weighted by Gasteiger charge is 2.42. The maximum absolute atomic E-state index is 13.8. The van der Waals surface area contributed by atoms with Crippen LogP contribution < -0.4 is 5.32 Å². The van der Waals surface area contributed by atoms with Gasteiger partial charge in [0.15, 0.2) is 0 Å². The van der Waals surface area contributed by atoms with E-state index in [1.54, 1.807) is 6.07 Å². The summed E-state index contributed by atoms with van der Waals surface area (Å²) in [5.41, 5.74) is -4.94. The van der Waals surface area contributed by atoms with Crippen LogP contribution in [0.25, 0.3) is 11.3 Å². The number of alkyl halides is 6. The average molecular weight is 440 g/mol. The van der Waals surface area contributed by atoms with Crippen molar-refractivity contribution < 1.29 is 31.1 Å². The second-order valence-electron chi connectivity index (χ2n) is 6.15. The minimum atomic E-state index is -5.05. The van der Waals surface area contributed by atoms with Crippen LogP contribution in [-0.2, 0) is 19.4 Å². The number of carbonyl (C=O) groups excluding carboxylic acids is 1. The number of carbonyl (C=O) groups is 1.